The SMILES string of the molecule is OC1CCc2nc(Cc3ccc(F)cc3)[nH]c2C1. The third kappa shape index (κ3) is 2.29. The number of imidazole rings is 1. The number of aliphatic hydroxyl groups is 1. The second-order valence-electron chi connectivity index (χ2n) is 4.81. The second-order valence-corrected chi connectivity index (χ2v) is 4.81. The van der Waals surface area contributed by atoms with Crippen molar-refractivity contribution in [2.24, 2.45) is 0 Å². The molecule has 0 radical (unpaired) electrons. The van der Waals surface area contributed by atoms with E-state index in [9.17, 15) is 9.50 Å². The maximum absolute atomic E-state index is 12.8. The molecule has 0 saturated carbocycles. The molecule has 1 aromatic heterocycles. The topological polar surface area (TPSA) is 48.9 Å². The Morgan fingerprint density at radius 3 is 2.89 bits per heavy atom. The van der Waals surface area contributed by atoms with Gasteiger partial charge in [-0.05, 0) is 30.5 Å². The van der Waals surface area contributed by atoms with Gasteiger partial charge in [-0.25, -0.2) is 9.37 Å². The Hall–Kier alpha value is -1.68. The number of aryl methyl sites for hydroxylation is 1. The smallest absolute Gasteiger partial charge is 0.123 e. The van der Waals surface area contributed by atoms with E-state index in [2.05, 4.69) is 9.97 Å². The number of aliphatic hydroxyl groups excluding tert-OH is 1. The predicted octanol–water partition coefficient (Wildman–Crippen LogP) is 1.99. The van der Waals surface area contributed by atoms with Crippen LogP contribution in [-0.4, -0.2) is 21.2 Å². The molecule has 1 aliphatic carbocycles. The van der Waals surface area contributed by atoms with Gasteiger partial charge < -0.3 is 10.1 Å². The van der Waals surface area contributed by atoms with Crippen LogP contribution < -0.4 is 0 Å². The van der Waals surface area contributed by atoms with Crippen LogP contribution >= 0.6 is 0 Å². The number of aromatic amines is 1. The Morgan fingerprint density at radius 2 is 2.11 bits per heavy atom. The number of hydrogen-bond acceptors (Lipinski definition) is 2. The van der Waals surface area contributed by atoms with E-state index in [0.717, 1.165) is 35.6 Å². The van der Waals surface area contributed by atoms with Crippen molar-refractivity contribution in [2.75, 3.05) is 0 Å². The lowest BCUT2D eigenvalue weighted by Crippen LogP contribution is -2.18. The van der Waals surface area contributed by atoms with Crippen LogP contribution in [0.2, 0.25) is 0 Å². The quantitative estimate of drug-likeness (QED) is 0.851. The molecule has 18 heavy (non-hydrogen) atoms. The lowest BCUT2D eigenvalue weighted by molar-refractivity contribution is 0.157. The first-order valence-electron chi connectivity index (χ1n) is 6.20. The van der Waals surface area contributed by atoms with Crippen LogP contribution in [-0.2, 0) is 19.3 Å². The van der Waals surface area contributed by atoms with E-state index in [1.807, 2.05) is 0 Å². The van der Waals surface area contributed by atoms with E-state index in [4.69, 9.17) is 0 Å². The number of H-pyrrole nitrogens is 1. The molecule has 94 valence electrons. The number of nitrogens with zero attached hydrogens (tertiary/aromatic N) is 1. The van der Waals surface area contributed by atoms with E-state index in [1.54, 1.807) is 12.1 Å². The third-order valence-corrected chi connectivity index (χ3v) is 3.35. The molecule has 0 aliphatic heterocycles. The molecule has 1 unspecified atom stereocenters. The van der Waals surface area contributed by atoms with Gasteiger partial charge in [0.25, 0.3) is 0 Å². The van der Waals surface area contributed by atoms with E-state index in [-0.39, 0.29) is 11.9 Å². The molecule has 2 N–H and O–H groups in total. The zero-order valence-electron chi connectivity index (χ0n) is 9.99. The summed E-state index contributed by atoms with van der Waals surface area (Å²) >= 11 is 0. The Bertz CT molecular complexity index is 547. The average molecular weight is 246 g/mol. The molecule has 3 rings (SSSR count). The third-order valence-electron chi connectivity index (χ3n) is 3.35. The van der Waals surface area contributed by atoms with Gasteiger partial charge in [-0.15, -0.1) is 0 Å². The first-order valence-corrected chi connectivity index (χ1v) is 6.20. The summed E-state index contributed by atoms with van der Waals surface area (Å²) in [6.07, 6.45) is 2.69. The Kier molecular flexibility index (Phi) is 2.88. The highest BCUT2D eigenvalue weighted by Crippen LogP contribution is 2.20. The average Bonchev–Trinajstić information content (AvgIpc) is 2.73. The van der Waals surface area contributed by atoms with Gasteiger partial charge in [0.1, 0.15) is 11.6 Å². The van der Waals surface area contributed by atoms with Crippen molar-refractivity contribution in [1.29, 1.82) is 0 Å². The van der Waals surface area contributed by atoms with E-state index >= 15 is 0 Å². The van der Waals surface area contributed by atoms with E-state index < -0.39 is 0 Å². The molecule has 1 atom stereocenters. The van der Waals surface area contributed by atoms with Crippen LogP contribution in [0.3, 0.4) is 0 Å². The number of fused-ring (bicyclic) bond motifs is 1. The normalized spacial score (nSPS) is 18.7. The fraction of sp³-hybridized carbons (Fsp3) is 0.357. The van der Waals surface area contributed by atoms with E-state index in [0.29, 0.717) is 12.8 Å². The van der Waals surface area contributed by atoms with Gasteiger partial charge in [-0.1, -0.05) is 12.1 Å². The molecular formula is C14H15FN2O. The minimum atomic E-state index is -0.253. The summed E-state index contributed by atoms with van der Waals surface area (Å²) in [5.41, 5.74) is 3.14. The molecule has 0 amide bonds. The van der Waals surface area contributed by atoms with Crippen molar-refractivity contribution >= 4 is 0 Å². The summed E-state index contributed by atoms with van der Waals surface area (Å²) in [5.74, 6) is 0.668. The van der Waals surface area contributed by atoms with Crippen LogP contribution in [0.1, 0.15) is 29.2 Å². The van der Waals surface area contributed by atoms with Gasteiger partial charge >= 0.3 is 0 Å². The lowest BCUT2D eigenvalue weighted by Gasteiger charge is -2.14. The highest BCUT2D eigenvalue weighted by atomic mass is 19.1. The van der Waals surface area contributed by atoms with Gasteiger partial charge in [0.2, 0.25) is 0 Å². The fourth-order valence-corrected chi connectivity index (χ4v) is 2.40. The summed E-state index contributed by atoms with van der Waals surface area (Å²) in [6, 6.07) is 6.46. The van der Waals surface area contributed by atoms with Gasteiger partial charge in [0, 0.05) is 18.5 Å². The molecule has 0 fully saturated rings. The molecule has 1 aliphatic rings. The number of nitrogens with one attached hydrogen (secondary N) is 1. The van der Waals surface area contributed by atoms with Gasteiger partial charge in [-0.2, -0.15) is 0 Å². The Morgan fingerprint density at radius 1 is 1.33 bits per heavy atom. The van der Waals surface area contributed by atoms with Crippen molar-refractivity contribution < 1.29 is 9.50 Å². The van der Waals surface area contributed by atoms with Crippen LogP contribution in [0.5, 0.6) is 0 Å². The summed E-state index contributed by atoms with van der Waals surface area (Å²) in [7, 11) is 0. The van der Waals surface area contributed by atoms with Crippen LogP contribution in [0, 0.1) is 5.82 Å². The molecule has 3 nitrogen and oxygen atoms in total. The van der Waals surface area contributed by atoms with Crippen molar-refractivity contribution in [3.8, 4) is 0 Å². The minimum Gasteiger partial charge on any atom is -0.393 e. The molecule has 2 aromatic rings. The number of rotatable bonds is 2. The van der Waals surface area contributed by atoms with Gasteiger partial charge in [0.15, 0.2) is 0 Å². The highest BCUT2D eigenvalue weighted by molar-refractivity contribution is 5.24. The fourth-order valence-electron chi connectivity index (χ4n) is 2.40. The van der Waals surface area contributed by atoms with Gasteiger partial charge in [-0.3, -0.25) is 0 Å². The molecular weight excluding hydrogens is 231 g/mol. The van der Waals surface area contributed by atoms with Crippen molar-refractivity contribution in [2.45, 2.75) is 31.8 Å². The standard InChI is InChI=1S/C14H15FN2O/c15-10-3-1-9(2-4-10)7-14-16-12-6-5-11(18)8-13(12)17-14/h1-4,11,18H,5-8H2,(H,16,17). The number of halogens is 1. The first kappa shape index (κ1) is 11.4. The minimum absolute atomic E-state index is 0.222. The van der Waals surface area contributed by atoms with Gasteiger partial charge in [0.05, 0.1) is 11.8 Å². The molecule has 1 heterocycles. The van der Waals surface area contributed by atoms with Crippen LogP contribution in [0.25, 0.3) is 0 Å². The Balaban J connectivity index is 1.79. The van der Waals surface area contributed by atoms with Crippen molar-refractivity contribution in [3.63, 3.8) is 0 Å². The molecule has 1 aromatic carbocycles. The molecule has 0 bridgehead atoms. The number of benzene rings is 1. The van der Waals surface area contributed by atoms with E-state index in [1.165, 1.54) is 12.1 Å². The maximum atomic E-state index is 12.8. The monoisotopic (exact) mass is 246 g/mol. The lowest BCUT2D eigenvalue weighted by atomic mass is 9.99. The predicted molar refractivity (Wildman–Crippen MR) is 65.8 cm³/mol. The zero-order chi connectivity index (χ0) is 12.5. The molecule has 0 spiro atoms. The Labute approximate surface area is 105 Å². The largest absolute Gasteiger partial charge is 0.393 e. The van der Waals surface area contributed by atoms with Crippen molar-refractivity contribution in [1.82, 2.24) is 9.97 Å². The summed E-state index contributed by atoms with van der Waals surface area (Å²) in [6.45, 7) is 0. The second kappa shape index (κ2) is 4.53. The number of aromatic nitrogens is 2. The molecule has 4 heteroatoms. The summed E-state index contributed by atoms with van der Waals surface area (Å²) in [4.78, 5) is 7.80. The van der Waals surface area contributed by atoms with Crippen molar-refractivity contribution in [3.05, 3.63) is 52.9 Å². The highest BCUT2D eigenvalue weighted by Gasteiger charge is 2.20. The molecule has 0 saturated heterocycles. The van der Waals surface area contributed by atoms with Crippen LogP contribution in [0.4, 0.5) is 4.39 Å². The summed E-state index contributed by atoms with van der Waals surface area (Å²) < 4.78 is 12.8. The number of hydrogen-bond donors (Lipinski definition) is 2. The van der Waals surface area contributed by atoms with Crippen LogP contribution in [0.15, 0.2) is 24.3 Å². The first-order chi connectivity index (χ1) is 8.70. The summed E-state index contributed by atoms with van der Waals surface area (Å²) in [5, 5.41) is 9.60. The zero-order valence-corrected chi connectivity index (χ0v) is 9.99. The maximum Gasteiger partial charge on any atom is 0.123 e.